The van der Waals surface area contributed by atoms with E-state index in [2.05, 4.69) is 30.0 Å². The Hall–Kier alpha value is -3.38. The lowest BCUT2D eigenvalue weighted by Gasteiger charge is -2.18. The molecule has 0 fully saturated rings. The van der Waals surface area contributed by atoms with Crippen molar-refractivity contribution in [3.63, 3.8) is 0 Å². The van der Waals surface area contributed by atoms with Crippen LogP contribution in [0.2, 0.25) is 0 Å². The Morgan fingerprint density at radius 3 is 2.44 bits per heavy atom. The number of hydrogen-bond acceptors (Lipinski definition) is 7. The summed E-state index contributed by atoms with van der Waals surface area (Å²) in [6, 6.07) is 5.14. The molecule has 0 spiro atoms. The molecular formula is C20H20F2N8OS. The molecule has 12 heteroatoms. The molecule has 3 heterocycles. The highest BCUT2D eigenvalue weighted by Crippen LogP contribution is 2.28. The van der Waals surface area contributed by atoms with Crippen LogP contribution >= 0.6 is 0 Å². The monoisotopic (exact) mass is 458 g/mol. The molecule has 32 heavy (non-hydrogen) atoms. The van der Waals surface area contributed by atoms with Crippen LogP contribution in [0.5, 0.6) is 0 Å². The van der Waals surface area contributed by atoms with E-state index >= 15 is 0 Å². The van der Waals surface area contributed by atoms with Gasteiger partial charge in [0.05, 0.1) is 17.8 Å². The first-order valence-electron chi connectivity index (χ1n) is 9.68. The third-order valence-electron chi connectivity index (χ3n) is 4.63. The van der Waals surface area contributed by atoms with Crippen molar-refractivity contribution in [1.82, 2.24) is 34.5 Å². The summed E-state index contributed by atoms with van der Waals surface area (Å²) in [6.45, 7) is 3.62. The molecule has 3 aromatic heterocycles. The van der Waals surface area contributed by atoms with Gasteiger partial charge in [-0.05, 0) is 37.6 Å². The van der Waals surface area contributed by atoms with Crippen molar-refractivity contribution >= 4 is 17.3 Å². The third kappa shape index (κ3) is 4.46. The Morgan fingerprint density at radius 1 is 1.12 bits per heavy atom. The van der Waals surface area contributed by atoms with Crippen LogP contribution in [0.1, 0.15) is 18.3 Å². The summed E-state index contributed by atoms with van der Waals surface area (Å²) in [7, 11) is 1.71. The van der Waals surface area contributed by atoms with E-state index in [1.807, 2.05) is 6.92 Å². The molecular weight excluding hydrogens is 438 g/mol. The second-order valence-corrected chi connectivity index (χ2v) is 8.82. The molecule has 166 valence electrons. The summed E-state index contributed by atoms with van der Waals surface area (Å²) in [6.07, 6.45) is 5.36. The maximum Gasteiger partial charge on any atom is 0.271 e. The molecule has 0 aliphatic rings. The standard InChI is InChI=1S/C20H20F2N8OS/c1-12-10-23-17(24-11-12)9-13(2)32(31)28-20-26-25-19(16-7-8-29(3)27-16)30(20)18-14(21)5-4-6-15(18)22/h4-8,10-11,13H,9H2,1-3H3,(H,26,28). The van der Waals surface area contributed by atoms with E-state index in [1.165, 1.54) is 10.7 Å². The van der Waals surface area contributed by atoms with Crippen molar-refractivity contribution in [1.29, 1.82) is 0 Å². The van der Waals surface area contributed by atoms with E-state index in [0.29, 0.717) is 17.9 Å². The minimum atomic E-state index is -1.68. The van der Waals surface area contributed by atoms with Crippen LogP contribution in [-0.4, -0.2) is 44.3 Å². The lowest BCUT2D eigenvalue weighted by atomic mass is 10.2. The van der Waals surface area contributed by atoms with Crippen molar-refractivity contribution in [3.8, 4) is 17.2 Å². The first-order chi connectivity index (χ1) is 15.3. The quantitative estimate of drug-likeness (QED) is 0.424. The number of rotatable bonds is 7. The van der Waals surface area contributed by atoms with Crippen LogP contribution in [-0.2, 0) is 24.8 Å². The molecule has 2 unspecified atom stereocenters. The SMILES string of the molecule is Cc1cnc(CC(C)[S+]([O-])Nc2nnc(-c3ccn(C)n3)n2-c2c(F)cccc2F)nc1. The molecule has 9 nitrogen and oxygen atoms in total. The van der Waals surface area contributed by atoms with E-state index in [-0.39, 0.29) is 11.8 Å². The fourth-order valence-electron chi connectivity index (χ4n) is 3.01. The Labute approximate surface area is 185 Å². The van der Waals surface area contributed by atoms with Gasteiger partial charge >= 0.3 is 0 Å². The van der Waals surface area contributed by atoms with Gasteiger partial charge in [-0.1, -0.05) is 6.07 Å². The third-order valence-corrected chi connectivity index (χ3v) is 5.91. The van der Waals surface area contributed by atoms with Gasteiger partial charge in [0.25, 0.3) is 5.95 Å². The minimum Gasteiger partial charge on any atom is -0.593 e. The molecule has 4 rings (SSSR count). The average Bonchev–Trinajstić information content (AvgIpc) is 3.36. The highest BCUT2D eigenvalue weighted by atomic mass is 32.2. The molecule has 0 radical (unpaired) electrons. The van der Waals surface area contributed by atoms with E-state index < -0.39 is 33.9 Å². The average molecular weight is 458 g/mol. The number of nitrogens with one attached hydrogen (secondary N) is 1. The molecule has 0 amide bonds. The van der Waals surface area contributed by atoms with Crippen molar-refractivity contribution in [2.24, 2.45) is 7.05 Å². The summed E-state index contributed by atoms with van der Waals surface area (Å²) in [5.74, 6) is -1.09. The second-order valence-electron chi connectivity index (χ2n) is 7.22. The maximum absolute atomic E-state index is 14.6. The summed E-state index contributed by atoms with van der Waals surface area (Å²) < 4.78 is 47.6. The predicted molar refractivity (Wildman–Crippen MR) is 115 cm³/mol. The number of anilines is 1. The molecule has 1 aromatic carbocycles. The molecule has 0 saturated carbocycles. The predicted octanol–water partition coefficient (Wildman–Crippen LogP) is 2.75. The van der Waals surface area contributed by atoms with Crippen molar-refractivity contribution < 1.29 is 13.3 Å². The number of hydrogen-bond donors (Lipinski definition) is 1. The van der Waals surface area contributed by atoms with E-state index in [9.17, 15) is 13.3 Å². The highest BCUT2D eigenvalue weighted by molar-refractivity contribution is 7.93. The lowest BCUT2D eigenvalue weighted by molar-refractivity contribution is 0.569. The van der Waals surface area contributed by atoms with Gasteiger partial charge < -0.3 is 4.55 Å². The zero-order valence-corrected chi connectivity index (χ0v) is 18.3. The van der Waals surface area contributed by atoms with Gasteiger partial charge in [-0.25, -0.2) is 18.7 Å². The molecule has 0 bridgehead atoms. The topological polar surface area (TPSA) is 109 Å². The zero-order valence-electron chi connectivity index (χ0n) is 17.5. The van der Waals surface area contributed by atoms with Gasteiger partial charge in [-0.2, -0.15) is 9.82 Å². The van der Waals surface area contributed by atoms with Crippen LogP contribution in [0, 0.1) is 18.6 Å². The summed E-state index contributed by atoms with van der Waals surface area (Å²) in [5.41, 5.74) is 0.873. The van der Waals surface area contributed by atoms with Gasteiger partial charge in [-0.3, -0.25) is 9.25 Å². The number of benzene rings is 1. The van der Waals surface area contributed by atoms with E-state index in [0.717, 1.165) is 22.3 Å². The van der Waals surface area contributed by atoms with Gasteiger partial charge in [0, 0.05) is 25.6 Å². The fraction of sp³-hybridized carbons (Fsp3) is 0.250. The molecule has 0 saturated heterocycles. The largest absolute Gasteiger partial charge is 0.593 e. The minimum absolute atomic E-state index is 0.0790. The Kier molecular flexibility index (Phi) is 6.15. The number of nitrogens with zero attached hydrogens (tertiary/aromatic N) is 7. The smallest absolute Gasteiger partial charge is 0.271 e. The maximum atomic E-state index is 14.6. The van der Waals surface area contributed by atoms with Gasteiger partial charge in [0.15, 0.2) is 5.82 Å². The second kappa shape index (κ2) is 9.01. The summed E-state index contributed by atoms with van der Waals surface area (Å²) >= 11 is -1.68. The molecule has 2 atom stereocenters. The van der Waals surface area contributed by atoms with Crippen molar-refractivity contribution in [2.45, 2.75) is 25.5 Å². The normalized spacial score (nSPS) is 13.2. The van der Waals surface area contributed by atoms with Gasteiger partial charge in [-0.15, -0.1) is 10.2 Å². The first kappa shape index (κ1) is 21.8. The Balaban J connectivity index is 1.68. The van der Waals surface area contributed by atoms with Crippen LogP contribution in [0.3, 0.4) is 0 Å². The van der Waals surface area contributed by atoms with Gasteiger partial charge in [0.2, 0.25) is 0 Å². The molecule has 0 aliphatic carbocycles. The van der Waals surface area contributed by atoms with E-state index in [4.69, 9.17) is 0 Å². The number of aromatic nitrogens is 7. The summed E-state index contributed by atoms with van der Waals surface area (Å²) in [4.78, 5) is 8.45. The van der Waals surface area contributed by atoms with Crippen LogP contribution < -0.4 is 4.72 Å². The molecule has 4 aromatic rings. The molecule has 1 N–H and O–H groups in total. The number of para-hydroxylation sites is 1. The van der Waals surface area contributed by atoms with Crippen LogP contribution in [0.15, 0.2) is 42.9 Å². The van der Waals surface area contributed by atoms with Crippen LogP contribution in [0.4, 0.5) is 14.7 Å². The number of aryl methyl sites for hydroxylation is 2. The number of halogens is 2. The van der Waals surface area contributed by atoms with E-state index in [1.54, 1.807) is 38.6 Å². The Morgan fingerprint density at radius 2 is 1.81 bits per heavy atom. The van der Waals surface area contributed by atoms with Crippen molar-refractivity contribution in [3.05, 3.63) is 65.9 Å². The van der Waals surface area contributed by atoms with Crippen LogP contribution in [0.25, 0.3) is 17.2 Å². The first-order valence-corrected chi connectivity index (χ1v) is 10.9. The molecule has 0 aliphatic heterocycles. The zero-order chi connectivity index (χ0) is 22.8. The lowest BCUT2D eigenvalue weighted by Crippen LogP contribution is -2.29. The fourth-order valence-corrected chi connectivity index (χ4v) is 3.83. The van der Waals surface area contributed by atoms with Crippen molar-refractivity contribution in [2.75, 3.05) is 4.72 Å². The van der Waals surface area contributed by atoms with Gasteiger partial charge in [0.1, 0.15) is 34.1 Å². The highest BCUT2D eigenvalue weighted by Gasteiger charge is 2.27. The summed E-state index contributed by atoms with van der Waals surface area (Å²) in [5, 5.41) is 11.9. The Bertz CT molecular complexity index is 1210.